The molecule has 0 radical (unpaired) electrons. The fourth-order valence-electron chi connectivity index (χ4n) is 1.79. The van der Waals surface area contributed by atoms with Crippen LogP contribution in [0.1, 0.15) is 20.8 Å². The molecular weight excluding hydrogens is 160 g/mol. The van der Waals surface area contributed by atoms with Crippen molar-refractivity contribution in [2.24, 2.45) is 0 Å². The maximum Gasteiger partial charge on any atom is 0.0730 e. The van der Waals surface area contributed by atoms with Crippen molar-refractivity contribution in [3.05, 3.63) is 30.3 Å². The van der Waals surface area contributed by atoms with E-state index >= 15 is 0 Å². The van der Waals surface area contributed by atoms with Crippen molar-refractivity contribution in [1.29, 1.82) is 0 Å². The quantitative estimate of drug-likeness (QED) is 0.624. The second kappa shape index (κ2) is 4.46. The molecule has 0 saturated heterocycles. The Hall–Kier alpha value is -0.563. The van der Waals surface area contributed by atoms with Crippen LogP contribution in [0.2, 0.25) is 11.6 Å². The Kier molecular flexibility index (Phi) is 3.54. The first kappa shape index (κ1) is 9.52. The molecule has 1 unspecified atom stereocenters. The zero-order valence-corrected chi connectivity index (χ0v) is 9.40. The molecule has 12 heavy (non-hydrogen) atoms. The van der Waals surface area contributed by atoms with Crippen molar-refractivity contribution in [2.75, 3.05) is 0 Å². The van der Waals surface area contributed by atoms with Gasteiger partial charge in [-0.1, -0.05) is 62.3 Å². The summed E-state index contributed by atoms with van der Waals surface area (Å²) in [6.45, 7) is 7.03. The molecule has 0 saturated carbocycles. The van der Waals surface area contributed by atoms with Crippen LogP contribution in [-0.2, 0) is 0 Å². The average Bonchev–Trinajstić information content (AvgIpc) is 2.07. The molecule has 0 N–H and O–H groups in total. The zero-order valence-electron chi connectivity index (χ0n) is 8.25. The number of hydrogen-bond acceptors (Lipinski definition) is 0. The molecule has 0 fully saturated rings. The summed E-state index contributed by atoms with van der Waals surface area (Å²) in [7, 11) is -0.645. The van der Waals surface area contributed by atoms with Gasteiger partial charge in [-0.3, -0.25) is 0 Å². The minimum absolute atomic E-state index is 0.645. The van der Waals surface area contributed by atoms with Gasteiger partial charge in [-0.15, -0.1) is 0 Å². The van der Waals surface area contributed by atoms with E-state index in [4.69, 9.17) is 0 Å². The summed E-state index contributed by atoms with van der Waals surface area (Å²) in [6, 6.07) is 12.4. The monoisotopic (exact) mass is 178 g/mol. The van der Waals surface area contributed by atoms with Crippen LogP contribution in [0, 0.1) is 0 Å². The second-order valence-electron chi connectivity index (χ2n) is 3.67. The van der Waals surface area contributed by atoms with Crippen LogP contribution in [-0.4, -0.2) is 8.80 Å². The molecule has 0 aliphatic rings. The smallest absolute Gasteiger partial charge is 0.0677 e. The van der Waals surface area contributed by atoms with Crippen LogP contribution in [0.3, 0.4) is 0 Å². The Labute approximate surface area is 77.2 Å². The summed E-state index contributed by atoms with van der Waals surface area (Å²) in [5, 5.41) is 1.62. The maximum atomic E-state index is 2.35. The van der Waals surface area contributed by atoms with Crippen molar-refractivity contribution in [1.82, 2.24) is 0 Å². The highest BCUT2D eigenvalue weighted by atomic mass is 28.3. The first-order chi connectivity index (χ1) is 5.75. The van der Waals surface area contributed by atoms with Crippen molar-refractivity contribution in [3.63, 3.8) is 0 Å². The lowest BCUT2D eigenvalue weighted by Gasteiger charge is -2.17. The van der Waals surface area contributed by atoms with Crippen LogP contribution in [0.25, 0.3) is 0 Å². The highest BCUT2D eigenvalue weighted by molar-refractivity contribution is 6.74. The second-order valence-corrected chi connectivity index (χ2v) is 7.70. The van der Waals surface area contributed by atoms with Crippen molar-refractivity contribution in [2.45, 2.75) is 32.4 Å². The van der Waals surface area contributed by atoms with Crippen LogP contribution in [0.4, 0.5) is 0 Å². The summed E-state index contributed by atoms with van der Waals surface area (Å²) in [4.78, 5) is 0. The molecule has 0 nitrogen and oxygen atoms in total. The molecule has 0 aromatic heterocycles. The van der Waals surface area contributed by atoms with E-state index in [0.717, 1.165) is 5.54 Å². The molecular formula is C11H18Si. The van der Waals surface area contributed by atoms with E-state index in [1.807, 2.05) is 0 Å². The minimum atomic E-state index is -0.645. The molecule has 0 spiro atoms. The Morgan fingerprint density at radius 1 is 1.17 bits per heavy atom. The fraction of sp³-hybridized carbons (Fsp3) is 0.455. The van der Waals surface area contributed by atoms with Crippen molar-refractivity contribution >= 4 is 14.0 Å². The van der Waals surface area contributed by atoms with Crippen LogP contribution >= 0.6 is 0 Å². The lowest BCUT2D eigenvalue weighted by molar-refractivity contribution is 1.03. The topological polar surface area (TPSA) is 0 Å². The van der Waals surface area contributed by atoms with Gasteiger partial charge in [-0.25, -0.2) is 0 Å². The minimum Gasteiger partial charge on any atom is -0.0677 e. The lowest BCUT2D eigenvalue weighted by Crippen LogP contribution is -2.31. The van der Waals surface area contributed by atoms with Crippen LogP contribution in [0.5, 0.6) is 0 Å². The normalized spacial score (nSPS) is 13.3. The van der Waals surface area contributed by atoms with Gasteiger partial charge in [-0.2, -0.15) is 0 Å². The highest BCUT2D eigenvalue weighted by Crippen LogP contribution is 2.10. The van der Waals surface area contributed by atoms with E-state index in [0.29, 0.717) is 0 Å². The Morgan fingerprint density at radius 3 is 2.17 bits per heavy atom. The van der Waals surface area contributed by atoms with Crippen LogP contribution in [0.15, 0.2) is 30.3 Å². The third-order valence-electron chi connectivity index (χ3n) is 2.47. The Bertz CT molecular complexity index is 216. The summed E-state index contributed by atoms with van der Waals surface area (Å²) in [6.07, 6.45) is 0. The number of benzene rings is 1. The van der Waals surface area contributed by atoms with Gasteiger partial charge < -0.3 is 0 Å². The van der Waals surface area contributed by atoms with E-state index in [9.17, 15) is 0 Å². The summed E-state index contributed by atoms with van der Waals surface area (Å²) in [5.41, 5.74) is 0.886. The molecule has 1 aromatic carbocycles. The maximum absolute atomic E-state index is 2.35. The predicted octanol–water partition coefficient (Wildman–Crippen LogP) is 2.55. The molecule has 1 atom stereocenters. The Morgan fingerprint density at radius 2 is 1.75 bits per heavy atom. The molecule has 1 rings (SSSR count). The molecule has 0 aliphatic carbocycles. The van der Waals surface area contributed by atoms with E-state index < -0.39 is 8.80 Å². The molecule has 66 valence electrons. The standard InChI is InChI=1S/C11H18Si/c1-4-12(10(2)3)11-8-6-5-7-9-11/h5-10,12H,4H2,1-3H3. The Balaban J connectivity index is 2.80. The SMILES string of the molecule is CC[SiH](c1ccccc1)C(C)C. The van der Waals surface area contributed by atoms with Gasteiger partial charge in [0.05, 0.1) is 8.80 Å². The third kappa shape index (κ3) is 2.21. The third-order valence-corrected chi connectivity index (χ3v) is 6.20. The van der Waals surface area contributed by atoms with Gasteiger partial charge in [0.2, 0.25) is 0 Å². The molecule has 0 aliphatic heterocycles. The van der Waals surface area contributed by atoms with Gasteiger partial charge in [0.25, 0.3) is 0 Å². The van der Waals surface area contributed by atoms with Gasteiger partial charge in [0.15, 0.2) is 0 Å². The first-order valence-electron chi connectivity index (χ1n) is 4.80. The van der Waals surface area contributed by atoms with E-state index in [1.54, 1.807) is 5.19 Å². The number of hydrogen-bond donors (Lipinski definition) is 0. The van der Waals surface area contributed by atoms with Crippen molar-refractivity contribution < 1.29 is 0 Å². The highest BCUT2D eigenvalue weighted by Gasteiger charge is 2.14. The summed E-state index contributed by atoms with van der Waals surface area (Å²) in [5.74, 6) is 0. The van der Waals surface area contributed by atoms with E-state index in [-0.39, 0.29) is 0 Å². The molecule has 1 aromatic rings. The van der Waals surface area contributed by atoms with E-state index in [1.165, 1.54) is 6.04 Å². The summed E-state index contributed by atoms with van der Waals surface area (Å²) >= 11 is 0. The zero-order chi connectivity index (χ0) is 8.97. The van der Waals surface area contributed by atoms with Gasteiger partial charge in [-0.05, 0) is 5.54 Å². The van der Waals surface area contributed by atoms with E-state index in [2.05, 4.69) is 51.1 Å². The lowest BCUT2D eigenvalue weighted by atomic mass is 10.4. The van der Waals surface area contributed by atoms with Crippen molar-refractivity contribution in [3.8, 4) is 0 Å². The molecule has 0 bridgehead atoms. The summed E-state index contributed by atoms with van der Waals surface area (Å²) < 4.78 is 0. The average molecular weight is 178 g/mol. The van der Waals surface area contributed by atoms with Crippen LogP contribution < -0.4 is 5.19 Å². The van der Waals surface area contributed by atoms with Gasteiger partial charge in [0, 0.05) is 0 Å². The molecule has 1 heteroatoms. The number of rotatable bonds is 3. The molecule has 0 heterocycles. The fourth-order valence-corrected chi connectivity index (χ4v) is 4.69. The first-order valence-corrected chi connectivity index (χ1v) is 6.86. The molecule has 0 amide bonds. The van der Waals surface area contributed by atoms with Gasteiger partial charge in [0.1, 0.15) is 0 Å². The van der Waals surface area contributed by atoms with Gasteiger partial charge >= 0.3 is 0 Å². The largest absolute Gasteiger partial charge is 0.0730 e. The predicted molar refractivity (Wildman–Crippen MR) is 58.8 cm³/mol.